The monoisotopic (exact) mass is 320 g/mol. The summed E-state index contributed by atoms with van der Waals surface area (Å²) in [4.78, 5) is 21.0. The second-order valence-electron chi connectivity index (χ2n) is 3.75. The number of carbonyl (C=O) groups is 2. The Morgan fingerprint density at radius 1 is 1.38 bits per heavy atom. The Kier molecular flexibility index (Phi) is 5.61. The van der Waals surface area contributed by atoms with Crippen LogP contribution in [-0.4, -0.2) is 40.6 Å². The SMILES string of the molecule is COC(=O)COc1ccc(S(=O)(=O)NCC(N)=O)cc1F. The van der Waals surface area contributed by atoms with Crippen molar-refractivity contribution < 1.29 is 31.9 Å². The van der Waals surface area contributed by atoms with E-state index in [0.29, 0.717) is 6.07 Å². The number of ether oxygens (including phenoxy) is 2. The maximum atomic E-state index is 13.7. The summed E-state index contributed by atoms with van der Waals surface area (Å²) in [7, 11) is -2.93. The summed E-state index contributed by atoms with van der Waals surface area (Å²) in [5, 5.41) is 0. The highest BCUT2D eigenvalue weighted by atomic mass is 32.2. The van der Waals surface area contributed by atoms with Crippen LogP contribution >= 0.6 is 0 Å². The standard InChI is InChI=1S/C11H13FN2O6S/c1-19-11(16)6-20-9-3-2-7(4-8(9)12)21(17,18)14-5-10(13)15/h2-4,14H,5-6H2,1H3,(H2,13,15). The van der Waals surface area contributed by atoms with Crippen molar-refractivity contribution in [2.75, 3.05) is 20.3 Å². The van der Waals surface area contributed by atoms with Crippen LogP contribution in [0.1, 0.15) is 0 Å². The van der Waals surface area contributed by atoms with Crippen LogP contribution in [0.2, 0.25) is 0 Å². The third kappa shape index (κ3) is 5.00. The molecule has 0 bridgehead atoms. The van der Waals surface area contributed by atoms with Crippen LogP contribution in [0.15, 0.2) is 23.1 Å². The molecule has 0 atom stereocenters. The van der Waals surface area contributed by atoms with E-state index in [1.54, 1.807) is 0 Å². The third-order valence-electron chi connectivity index (χ3n) is 2.22. The number of primary amides is 1. The van der Waals surface area contributed by atoms with Gasteiger partial charge in [0.2, 0.25) is 15.9 Å². The minimum atomic E-state index is -4.07. The lowest BCUT2D eigenvalue weighted by atomic mass is 10.3. The van der Waals surface area contributed by atoms with E-state index in [1.807, 2.05) is 4.72 Å². The van der Waals surface area contributed by atoms with Gasteiger partial charge in [-0.05, 0) is 18.2 Å². The Hall–Kier alpha value is -2.20. The molecule has 0 radical (unpaired) electrons. The van der Waals surface area contributed by atoms with Crippen molar-refractivity contribution in [3.8, 4) is 5.75 Å². The molecule has 8 nitrogen and oxygen atoms in total. The second kappa shape index (κ2) is 6.99. The van der Waals surface area contributed by atoms with E-state index < -0.39 is 45.8 Å². The van der Waals surface area contributed by atoms with Crippen molar-refractivity contribution >= 4 is 21.9 Å². The molecule has 1 amide bonds. The van der Waals surface area contributed by atoms with Crippen LogP contribution in [0.3, 0.4) is 0 Å². The van der Waals surface area contributed by atoms with Crippen molar-refractivity contribution in [3.63, 3.8) is 0 Å². The Labute approximate surface area is 120 Å². The van der Waals surface area contributed by atoms with Gasteiger partial charge in [-0.1, -0.05) is 0 Å². The normalized spacial score (nSPS) is 11.0. The molecule has 1 aromatic rings. The van der Waals surface area contributed by atoms with Gasteiger partial charge in [-0.3, -0.25) is 4.79 Å². The van der Waals surface area contributed by atoms with Crippen molar-refractivity contribution in [2.45, 2.75) is 4.90 Å². The zero-order valence-corrected chi connectivity index (χ0v) is 11.8. The van der Waals surface area contributed by atoms with E-state index in [-0.39, 0.29) is 5.75 Å². The summed E-state index contributed by atoms with van der Waals surface area (Å²) in [5.74, 6) is -2.89. The lowest BCUT2D eigenvalue weighted by Gasteiger charge is -2.08. The van der Waals surface area contributed by atoms with Gasteiger partial charge in [0.1, 0.15) is 0 Å². The molecule has 0 fully saturated rings. The molecule has 0 aliphatic rings. The molecule has 3 N–H and O–H groups in total. The molecule has 0 saturated heterocycles. The lowest BCUT2D eigenvalue weighted by Crippen LogP contribution is -2.33. The van der Waals surface area contributed by atoms with Crippen molar-refractivity contribution in [3.05, 3.63) is 24.0 Å². The molecule has 0 aliphatic heterocycles. The number of hydrogen-bond donors (Lipinski definition) is 2. The van der Waals surface area contributed by atoms with Crippen LogP contribution < -0.4 is 15.2 Å². The molecule has 0 aliphatic carbocycles. The van der Waals surface area contributed by atoms with Gasteiger partial charge in [-0.2, -0.15) is 0 Å². The predicted molar refractivity (Wildman–Crippen MR) is 68.3 cm³/mol. The van der Waals surface area contributed by atoms with E-state index >= 15 is 0 Å². The maximum Gasteiger partial charge on any atom is 0.343 e. The highest BCUT2D eigenvalue weighted by molar-refractivity contribution is 7.89. The Morgan fingerprint density at radius 2 is 2.05 bits per heavy atom. The quantitative estimate of drug-likeness (QED) is 0.630. The summed E-state index contributed by atoms with van der Waals surface area (Å²) >= 11 is 0. The van der Waals surface area contributed by atoms with Crippen LogP contribution in [0.5, 0.6) is 5.75 Å². The van der Waals surface area contributed by atoms with Crippen molar-refractivity contribution in [1.29, 1.82) is 0 Å². The molecule has 1 rings (SSSR count). The summed E-state index contributed by atoms with van der Waals surface area (Å²) in [6, 6.07) is 2.78. The smallest absolute Gasteiger partial charge is 0.343 e. The molecule has 1 aromatic carbocycles. The van der Waals surface area contributed by atoms with E-state index in [0.717, 1.165) is 19.2 Å². The predicted octanol–water partition coefficient (Wildman–Crippen LogP) is -0.859. The second-order valence-corrected chi connectivity index (χ2v) is 5.51. The first kappa shape index (κ1) is 16.9. The highest BCUT2D eigenvalue weighted by Gasteiger charge is 2.17. The molecule has 116 valence electrons. The minimum Gasteiger partial charge on any atom is -0.479 e. The largest absolute Gasteiger partial charge is 0.479 e. The molecular formula is C11H13FN2O6S. The summed E-state index contributed by atoms with van der Waals surface area (Å²) < 4.78 is 48.1. The van der Waals surface area contributed by atoms with Gasteiger partial charge < -0.3 is 15.2 Å². The van der Waals surface area contributed by atoms with E-state index in [2.05, 4.69) is 4.74 Å². The van der Waals surface area contributed by atoms with E-state index in [9.17, 15) is 22.4 Å². The fraction of sp³-hybridized carbons (Fsp3) is 0.273. The summed E-state index contributed by atoms with van der Waals surface area (Å²) in [6.45, 7) is -1.12. The van der Waals surface area contributed by atoms with Crippen molar-refractivity contribution in [2.24, 2.45) is 5.73 Å². The fourth-order valence-electron chi connectivity index (χ4n) is 1.21. The number of carbonyl (C=O) groups excluding carboxylic acids is 2. The first-order valence-corrected chi connectivity index (χ1v) is 7.01. The summed E-state index contributed by atoms with van der Waals surface area (Å²) in [6.07, 6.45) is 0. The molecule has 0 spiro atoms. The van der Waals surface area contributed by atoms with E-state index in [4.69, 9.17) is 10.5 Å². The molecule has 0 heterocycles. The first-order chi connectivity index (χ1) is 9.76. The van der Waals surface area contributed by atoms with Crippen LogP contribution in [0.25, 0.3) is 0 Å². The Bertz CT molecular complexity index is 646. The maximum absolute atomic E-state index is 13.7. The van der Waals surface area contributed by atoms with Gasteiger partial charge >= 0.3 is 5.97 Å². The van der Waals surface area contributed by atoms with Crippen molar-refractivity contribution in [1.82, 2.24) is 4.72 Å². The zero-order valence-electron chi connectivity index (χ0n) is 11.0. The molecule has 10 heteroatoms. The molecule has 0 saturated carbocycles. The van der Waals surface area contributed by atoms with Crippen LogP contribution in [-0.2, 0) is 24.3 Å². The number of rotatable bonds is 7. The lowest BCUT2D eigenvalue weighted by molar-refractivity contribution is -0.143. The Balaban J connectivity index is 2.86. The number of hydrogen-bond acceptors (Lipinski definition) is 6. The number of nitrogens with two attached hydrogens (primary N) is 1. The van der Waals surface area contributed by atoms with Crippen LogP contribution in [0, 0.1) is 5.82 Å². The molecular weight excluding hydrogens is 307 g/mol. The number of amides is 1. The third-order valence-corrected chi connectivity index (χ3v) is 3.62. The number of esters is 1. The van der Waals surface area contributed by atoms with Gasteiger partial charge in [-0.25, -0.2) is 22.3 Å². The minimum absolute atomic E-state index is 0.311. The number of sulfonamides is 1. The van der Waals surface area contributed by atoms with Gasteiger partial charge in [0.25, 0.3) is 0 Å². The van der Waals surface area contributed by atoms with Gasteiger partial charge in [0.05, 0.1) is 18.6 Å². The molecule has 21 heavy (non-hydrogen) atoms. The van der Waals surface area contributed by atoms with Gasteiger partial charge in [0.15, 0.2) is 18.2 Å². The topological polar surface area (TPSA) is 125 Å². The van der Waals surface area contributed by atoms with Gasteiger partial charge in [-0.15, -0.1) is 0 Å². The fourth-order valence-corrected chi connectivity index (χ4v) is 2.22. The number of benzene rings is 1. The number of nitrogens with one attached hydrogen (secondary N) is 1. The Morgan fingerprint density at radius 3 is 2.57 bits per heavy atom. The highest BCUT2D eigenvalue weighted by Crippen LogP contribution is 2.21. The summed E-state index contributed by atoms with van der Waals surface area (Å²) in [5.41, 5.74) is 4.81. The van der Waals surface area contributed by atoms with E-state index in [1.165, 1.54) is 0 Å². The first-order valence-electron chi connectivity index (χ1n) is 5.53. The van der Waals surface area contributed by atoms with Gasteiger partial charge in [0, 0.05) is 0 Å². The number of methoxy groups -OCH3 is 1. The van der Waals surface area contributed by atoms with Crippen LogP contribution in [0.4, 0.5) is 4.39 Å². The zero-order chi connectivity index (χ0) is 16.0. The average molecular weight is 320 g/mol. The molecule has 0 aromatic heterocycles. The average Bonchev–Trinajstić information content (AvgIpc) is 2.43. The molecule has 0 unspecified atom stereocenters. The number of halogens is 1.